The molecule has 0 spiro atoms. The quantitative estimate of drug-likeness (QED) is 0.778. The first-order valence-corrected chi connectivity index (χ1v) is 6.87. The van der Waals surface area contributed by atoms with E-state index in [1.807, 2.05) is 14.0 Å². The van der Waals surface area contributed by atoms with Gasteiger partial charge in [0.05, 0.1) is 6.54 Å². The molecule has 1 fully saturated rings. The van der Waals surface area contributed by atoms with Crippen LogP contribution in [0, 0.1) is 0 Å². The van der Waals surface area contributed by atoms with Crippen molar-refractivity contribution in [3.05, 3.63) is 0 Å². The summed E-state index contributed by atoms with van der Waals surface area (Å²) in [4.78, 5) is 15.9. The number of nitrogens with zero attached hydrogens (tertiary/aromatic N) is 2. The molecular formula is C13H27N3O. The van der Waals surface area contributed by atoms with E-state index in [9.17, 15) is 4.79 Å². The minimum absolute atomic E-state index is 0.198. The minimum atomic E-state index is 0.198. The van der Waals surface area contributed by atoms with Gasteiger partial charge < -0.3 is 15.1 Å². The highest BCUT2D eigenvalue weighted by molar-refractivity contribution is 5.77. The van der Waals surface area contributed by atoms with Crippen molar-refractivity contribution in [2.45, 2.75) is 39.2 Å². The van der Waals surface area contributed by atoms with Gasteiger partial charge in [-0.25, -0.2) is 0 Å². The van der Waals surface area contributed by atoms with E-state index in [0.29, 0.717) is 12.6 Å². The number of hydrogen-bond acceptors (Lipinski definition) is 3. The summed E-state index contributed by atoms with van der Waals surface area (Å²) >= 11 is 0. The van der Waals surface area contributed by atoms with Crippen LogP contribution in [-0.4, -0.2) is 61.5 Å². The Hall–Kier alpha value is -0.610. The second-order valence-corrected chi connectivity index (χ2v) is 4.85. The zero-order chi connectivity index (χ0) is 12.7. The predicted molar refractivity (Wildman–Crippen MR) is 71.1 cm³/mol. The van der Waals surface area contributed by atoms with Gasteiger partial charge >= 0.3 is 0 Å². The van der Waals surface area contributed by atoms with Crippen LogP contribution in [0.15, 0.2) is 0 Å². The van der Waals surface area contributed by atoms with E-state index >= 15 is 0 Å². The highest BCUT2D eigenvalue weighted by atomic mass is 16.2. The van der Waals surface area contributed by atoms with Gasteiger partial charge in [-0.05, 0) is 45.8 Å². The van der Waals surface area contributed by atoms with Crippen LogP contribution in [0.3, 0.4) is 0 Å². The van der Waals surface area contributed by atoms with Crippen molar-refractivity contribution in [1.82, 2.24) is 15.1 Å². The molecule has 1 rings (SSSR count). The van der Waals surface area contributed by atoms with Gasteiger partial charge in [0.2, 0.25) is 5.91 Å². The molecular weight excluding hydrogens is 214 g/mol. The third-order valence-electron chi connectivity index (χ3n) is 3.71. The monoisotopic (exact) mass is 241 g/mol. The van der Waals surface area contributed by atoms with Crippen LogP contribution in [0.25, 0.3) is 0 Å². The molecule has 4 nitrogen and oxygen atoms in total. The van der Waals surface area contributed by atoms with E-state index in [1.165, 1.54) is 19.4 Å². The maximum atomic E-state index is 11.7. The van der Waals surface area contributed by atoms with E-state index in [-0.39, 0.29) is 5.91 Å². The van der Waals surface area contributed by atoms with E-state index < -0.39 is 0 Å². The maximum absolute atomic E-state index is 11.7. The summed E-state index contributed by atoms with van der Waals surface area (Å²) in [6.45, 7) is 9.00. The Morgan fingerprint density at radius 1 is 1.35 bits per heavy atom. The number of likely N-dealkylation sites (tertiary alicyclic amines) is 1. The van der Waals surface area contributed by atoms with Gasteiger partial charge in [0.15, 0.2) is 0 Å². The van der Waals surface area contributed by atoms with Crippen molar-refractivity contribution >= 4 is 5.91 Å². The van der Waals surface area contributed by atoms with Gasteiger partial charge in [0, 0.05) is 19.6 Å². The molecule has 1 heterocycles. The fourth-order valence-corrected chi connectivity index (χ4v) is 2.22. The van der Waals surface area contributed by atoms with E-state index in [2.05, 4.69) is 17.1 Å². The molecule has 1 unspecified atom stereocenters. The molecule has 1 aliphatic rings. The SMILES string of the molecule is CCN1CCCC(NCC(=O)N(C)CC)CC1. The van der Waals surface area contributed by atoms with Crippen LogP contribution in [0.1, 0.15) is 33.1 Å². The molecule has 0 radical (unpaired) electrons. The van der Waals surface area contributed by atoms with Gasteiger partial charge in [0.25, 0.3) is 0 Å². The summed E-state index contributed by atoms with van der Waals surface area (Å²) in [7, 11) is 1.86. The number of nitrogens with one attached hydrogen (secondary N) is 1. The standard InChI is InChI=1S/C13H27N3O/c1-4-15(3)13(17)11-14-12-7-6-9-16(5-2)10-8-12/h12,14H,4-11H2,1-3H3. The third-order valence-corrected chi connectivity index (χ3v) is 3.71. The summed E-state index contributed by atoms with van der Waals surface area (Å²) < 4.78 is 0. The van der Waals surface area contributed by atoms with E-state index in [1.54, 1.807) is 4.90 Å². The van der Waals surface area contributed by atoms with Crippen LogP contribution in [-0.2, 0) is 4.79 Å². The molecule has 100 valence electrons. The lowest BCUT2D eigenvalue weighted by atomic mass is 10.1. The van der Waals surface area contributed by atoms with Gasteiger partial charge in [-0.15, -0.1) is 0 Å². The molecule has 0 bridgehead atoms. The summed E-state index contributed by atoms with van der Waals surface area (Å²) in [6.07, 6.45) is 3.60. The number of carbonyl (C=O) groups excluding carboxylic acids is 1. The molecule has 1 aliphatic heterocycles. The lowest BCUT2D eigenvalue weighted by Gasteiger charge is -2.20. The first-order valence-electron chi connectivity index (χ1n) is 6.87. The van der Waals surface area contributed by atoms with Gasteiger partial charge in [-0.3, -0.25) is 4.79 Å². The molecule has 0 aromatic carbocycles. The molecule has 1 amide bonds. The Bertz CT molecular complexity index is 233. The maximum Gasteiger partial charge on any atom is 0.236 e. The van der Waals surface area contributed by atoms with Crippen molar-refractivity contribution in [3.63, 3.8) is 0 Å². The number of amides is 1. The normalized spacial score (nSPS) is 22.2. The smallest absolute Gasteiger partial charge is 0.236 e. The van der Waals surface area contributed by atoms with Crippen LogP contribution in [0.2, 0.25) is 0 Å². The molecule has 4 heteroatoms. The minimum Gasteiger partial charge on any atom is -0.345 e. The van der Waals surface area contributed by atoms with Crippen LogP contribution < -0.4 is 5.32 Å². The Kier molecular flexibility index (Phi) is 6.52. The highest BCUT2D eigenvalue weighted by Crippen LogP contribution is 2.10. The average Bonchev–Trinajstić information content (AvgIpc) is 2.59. The summed E-state index contributed by atoms with van der Waals surface area (Å²) in [5.74, 6) is 0.198. The predicted octanol–water partition coefficient (Wildman–Crippen LogP) is 0.929. The summed E-state index contributed by atoms with van der Waals surface area (Å²) in [5, 5.41) is 3.40. The van der Waals surface area contributed by atoms with Crippen molar-refractivity contribution in [2.75, 3.05) is 39.8 Å². The fraction of sp³-hybridized carbons (Fsp3) is 0.923. The topological polar surface area (TPSA) is 35.6 Å². The molecule has 0 saturated carbocycles. The van der Waals surface area contributed by atoms with Crippen molar-refractivity contribution < 1.29 is 4.79 Å². The second kappa shape index (κ2) is 7.67. The first kappa shape index (κ1) is 14.5. The van der Waals surface area contributed by atoms with Crippen LogP contribution in [0.5, 0.6) is 0 Å². The van der Waals surface area contributed by atoms with Gasteiger partial charge in [-0.1, -0.05) is 6.92 Å². The molecule has 0 aliphatic carbocycles. The van der Waals surface area contributed by atoms with Gasteiger partial charge in [-0.2, -0.15) is 0 Å². The van der Waals surface area contributed by atoms with Crippen molar-refractivity contribution in [2.24, 2.45) is 0 Å². The summed E-state index contributed by atoms with van der Waals surface area (Å²) in [5.41, 5.74) is 0. The third kappa shape index (κ3) is 5.04. The molecule has 1 N–H and O–H groups in total. The lowest BCUT2D eigenvalue weighted by Crippen LogP contribution is -2.40. The van der Waals surface area contributed by atoms with Crippen molar-refractivity contribution in [3.8, 4) is 0 Å². The zero-order valence-corrected chi connectivity index (χ0v) is 11.5. The number of rotatable bonds is 5. The van der Waals surface area contributed by atoms with Crippen LogP contribution in [0.4, 0.5) is 0 Å². The zero-order valence-electron chi connectivity index (χ0n) is 11.5. The number of carbonyl (C=O) groups is 1. The largest absolute Gasteiger partial charge is 0.345 e. The Balaban J connectivity index is 2.25. The lowest BCUT2D eigenvalue weighted by molar-refractivity contribution is -0.128. The molecule has 1 saturated heterocycles. The molecule has 0 aromatic heterocycles. The second-order valence-electron chi connectivity index (χ2n) is 4.85. The first-order chi connectivity index (χ1) is 8.17. The van der Waals surface area contributed by atoms with E-state index in [4.69, 9.17) is 0 Å². The molecule has 17 heavy (non-hydrogen) atoms. The molecule has 1 atom stereocenters. The Morgan fingerprint density at radius 2 is 2.12 bits per heavy atom. The molecule has 0 aromatic rings. The summed E-state index contributed by atoms with van der Waals surface area (Å²) in [6, 6.07) is 0.515. The Morgan fingerprint density at radius 3 is 2.76 bits per heavy atom. The number of likely N-dealkylation sites (N-methyl/N-ethyl adjacent to an activating group) is 1. The Labute approximate surface area is 105 Å². The van der Waals surface area contributed by atoms with E-state index in [0.717, 1.165) is 26.1 Å². The van der Waals surface area contributed by atoms with Gasteiger partial charge in [0.1, 0.15) is 0 Å². The highest BCUT2D eigenvalue weighted by Gasteiger charge is 2.16. The number of hydrogen-bond donors (Lipinski definition) is 1. The average molecular weight is 241 g/mol. The van der Waals surface area contributed by atoms with Crippen LogP contribution >= 0.6 is 0 Å². The van der Waals surface area contributed by atoms with Crippen molar-refractivity contribution in [1.29, 1.82) is 0 Å². The fourth-order valence-electron chi connectivity index (χ4n) is 2.22.